The summed E-state index contributed by atoms with van der Waals surface area (Å²) in [5, 5.41) is 9.00. The number of rotatable bonds is 6. The number of hydrogen-bond donors (Lipinski definition) is 2. The van der Waals surface area contributed by atoms with Crippen LogP contribution in [-0.4, -0.2) is 58.0 Å². The average molecular weight is 308 g/mol. The normalized spacial score (nSPS) is 11.3. The first-order valence-electron chi connectivity index (χ1n) is 5.87. The molecule has 118 valence electrons. The fourth-order valence-corrected chi connectivity index (χ4v) is 1.33. The van der Waals surface area contributed by atoms with Crippen molar-refractivity contribution in [1.29, 1.82) is 0 Å². The van der Waals surface area contributed by atoms with E-state index in [0.717, 1.165) is 4.90 Å². The van der Waals surface area contributed by atoms with Gasteiger partial charge in [-0.1, -0.05) is 5.21 Å². The van der Waals surface area contributed by atoms with Gasteiger partial charge in [-0.25, -0.2) is 4.68 Å². The highest BCUT2D eigenvalue weighted by molar-refractivity contribution is 5.84. The molecule has 21 heavy (non-hydrogen) atoms. The molecule has 0 fully saturated rings. The Morgan fingerprint density at radius 3 is 2.67 bits per heavy atom. The zero-order valence-electron chi connectivity index (χ0n) is 11.2. The van der Waals surface area contributed by atoms with Gasteiger partial charge in [0.05, 0.1) is 18.4 Å². The molecule has 0 saturated heterocycles. The molecule has 3 N–H and O–H groups in total. The molecule has 1 rings (SSSR count). The lowest BCUT2D eigenvalue weighted by Crippen LogP contribution is -2.42. The maximum Gasteiger partial charge on any atom is 0.405 e. The van der Waals surface area contributed by atoms with Gasteiger partial charge < -0.3 is 16.0 Å². The van der Waals surface area contributed by atoms with Crippen LogP contribution in [0.3, 0.4) is 0 Å². The van der Waals surface area contributed by atoms with Crippen LogP contribution in [0.15, 0.2) is 6.20 Å². The molecule has 0 bridgehead atoms. The van der Waals surface area contributed by atoms with E-state index in [4.69, 9.17) is 5.73 Å². The Balaban J connectivity index is 2.41. The van der Waals surface area contributed by atoms with E-state index in [1.54, 1.807) is 5.32 Å². The quantitative estimate of drug-likeness (QED) is 0.692. The molecule has 0 spiro atoms. The number of amides is 2. The minimum absolute atomic E-state index is 0.171. The Hall–Kier alpha value is -2.17. The van der Waals surface area contributed by atoms with Crippen molar-refractivity contribution >= 4 is 11.8 Å². The molecule has 0 saturated carbocycles. The van der Waals surface area contributed by atoms with Crippen LogP contribution in [0.1, 0.15) is 5.69 Å². The summed E-state index contributed by atoms with van der Waals surface area (Å²) in [6.45, 7) is -1.93. The minimum Gasteiger partial charge on any atom is -0.345 e. The standard InChI is InChI=1S/C10H15F3N6O2/c1-18(4-8(20)15-6-10(11,12)13)9(21)5-19-3-7(2-14)16-17-19/h3H,2,4-6,14H2,1H3,(H,15,20). The predicted octanol–water partition coefficient (Wildman–Crippen LogP) is -1.13. The lowest BCUT2D eigenvalue weighted by molar-refractivity contribution is -0.141. The van der Waals surface area contributed by atoms with Crippen molar-refractivity contribution in [2.45, 2.75) is 19.3 Å². The molecule has 11 heteroatoms. The van der Waals surface area contributed by atoms with E-state index in [9.17, 15) is 22.8 Å². The predicted molar refractivity (Wildman–Crippen MR) is 64.6 cm³/mol. The number of nitrogens with one attached hydrogen (secondary N) is 1. The lowest BCUT2D eigenvalue weighted by atomic mass is 10.4. The van der Waals surface area contributed by atoms with Gasteiger partial charge in [0, 0.05) is 13.6 Å². The Bertz CT molecular complexity index is 501. The number of hydrogen-bond acceptors (Lipinski definition) is 5. The van der Waals surface area contributed by atoms with E-state index in [1.165, 1.54) is 17.9 Å². The number of carbonyl (C=O) groups excluding carboxylic acids is 2. The van der Waals surface area contributed by atoms with Crippen molar-refractivity contribution in [1.82, 2.24) is 25.2 Å². The number of likely N-dealkylation sites (N-methyl/N-ethyl adjacent to an activating group) is 1. The molecule has 0 unspecified atom stereocenters. The van der Waals surface area contributed by atoms with Crippen molar-refractivity contribution in [2.75, 3.05) is 20.1 Å². The van der Waals surface area contributed by atoms with Gasteiger partial charge >= 0.3 is 6.18 Å². The Labute approximate surface area is 118 Å². The van der Waals surface area contributed by atoms with E-state index < -0.39 is 31.1 Å². The summed E-state index contributed by atoms with van der Waals surface area (Å²) in [6, 6.07) is 0. The van der Waals surface area contributed by atoms with E-state index in [0.29, 0.717) is 5.69 Å². The fourth-order valence-electron chi connectivity index (χ4n) is 1.33. The van der Waals surface area contributed by atoms with Crippen molar-refractivity contribution in [3.05, 3.63) is 11.9 Å². The van der Waals surface area contributed by atoms with Gasteiger partial charge in [0.15, 0.2) is 0 Å². The molecule has 1 heterocycles. The molecule has 0 atom stereocenters. The Morgan fingerprint density at radius 1 is 1.48 bits per heavy atom. The van der Waals surface area contributed by atoms with E-state index in [2.05, 4.69) is 10.3 Å². The summed E-state index contributed by atoms with van der Waals surface area (Å²) in [5.41, 5.74) is 5.83. The van der Waals surface area contributed by atoms with Gasteiger partial charge in [-0.2, -0.15) is 13.2 Å². The van der Waals surface area contributed by atoms with Gasteiger partial charge in [-0.3, -0.25) is 9.59 Å². The molecule has 0 aliphatic carbocycles. The highest BCUT2D eigenvalue weighted by Crippen LogP contribution is 2.11. The number of aromatic nitrogens is 3. The molecule has 0 radical (unpaired) electrons. The first kappa shape index (κ1) is 16.9. The third-order valence-corrected chi connectivity index (χ3v) is 2.39. The average Bonchev–Trinajstić information content (AvgIpc) is 2.83. The molecule has 1 aromatic heterocycles. The number of carbonyl (C=O) groups is 2. The maximum absolute atomic E-state index is 11.9. The summed E-state index contributed by atoms with van der Waals surface area (Å²) in [5.74, 6) is -1.39. The van der Waals surface area contributed by atoms with Gasteiger partial charge in [-0.15, -0.1) is 5.10 Å². The largest absolute Gasteiger partial charge is 0.405 e. The second-order valence-corrected chi connectivity index (χ2v) is 4.25. The smallest absolute Gasteiger partial charge is 0.345 e. The molecule has 8 nitrogen and oxygen atoms in total. The summed E-state index contributed by atoms with van der Waals surface area (Å²) < 4.78 is 37.0. The monoisotopic (exact) mass is 308 g/mol. The molecular formula is C10H15F3N6O2. The summed E-state index contributed by atoms with van der Waals surface area (Å²) in [4.78, 5) is 24.0. The van der Waals surface area contributed by atoms with Crippen molar-refractivity contribution in [3.8, 4) is 0 Å². The van der Waals surface area contributed by atoms with E-state index in [1.807, 2.05) is 0 Å². The first-order valence-corrected chi connectivity index (χ1v) is 5.87. The summed E-state index contributed by atoms with van der Waals surface area (Å²) in [7, 11) is 1.30. The zero-order chi connectivity index (χ0) is 16.0. The van der Waals surface area contributed by atoms with Crippen LogP contribution in [0.4, 0.5) is 13.2 Å². The number of nitrogens with zero attached hydrogens (tertiary/aromatic N) is 4. The second kappa shape index (κ2) is 7.02. The van der Waals surface area contributed by atoms with Gasteiger partial charge in [-0.05, 0) is 0 Å². The van der Waals surface area contributed by atoms with Gasteiger partial charge in [0.2, 0.25) is 11.8 Å². The number of nitrogens with two attached hydrogens (primary N) is 1. The molecule has 0 aliphatic heterocycles. The molecule has 2 amide bonds. The molecule has 0 aliphatic rings. The number of halogens is 3. The highest BCUT2D eigenvalue weighted by atomic mass is 19.4. The SMILES string of the molecule is CN(CC(=O)NCC(F)(F)F)C(=O)Cn1cc(CN)nn1. The Kier molecular flexibility index (Phi) is 5.64. The minimum atomic E-state index is -4.49. The summed E-state index contributed by atoms with van der Waals surface area (Å²) >= 11 is 0. The van der Waals surface area contributed by atoms with Crippen LogP contribution < -0.4 is 11.1 Å². The van der Waals surface area contributed by atoms with Crippen LogP contribution in [0, 0.1) is 0 Å². The Morgan fingerprint density at radius 2 is 2.14 bits per heavy atom. The van der Waals surface area contributed by atoms with Crippen LogP contribution in [0.5, 0.6) is 0 Å². The van der Waals surface area contributed by atoms with Gasteiger partial charge in [0.1, 0.15) is 13.1 Å². The maximum atomic E-state index is 11.9. The van der Waals surface area contributed by atoms with Crippen molar-refractivity contribution in [3.63, 3.8) is 0 Å². The highest BCUT2D eigenvalue weighted by Gasteiger charge is 2.28. The van der Waals surface area contributed by atoms with Crippen LogP contribution in [-0.2, 0) is 22.7 Å². The van der Waals surface area contributed by atoms with Crippen molar-refractivity contribution in [2.24, 2.45) is 5.73 Å². The zero-order valence-corrected chi connectivity index (χ0v) is 11.2. The van der Waals surface area contributed by atoms with Crippen LogP contribution in [0.25, 0.3) is 0 Å². The van der Waals surface area contributed by atoms with E-state index >= 15 is 0 Å². The molecular weight excluding hydrogens is 293 g/mol. The fraction of sp³-hybridized carbons (Fsp3) is 0.600. The van der Waals surface area contributed by atoms with Gasteiger partial charge in [0.25, 0.3) is 0 Å². The topological polar surface area (TPSA) is 106 Å². The van der Waals surface area contributed by atoms with Crippen molar-refractivity contribution < 1.29 is 22.8 Å². The second-order valence-electron chi connectivity index (χ2n) is 4.25. The number of alkyl halides is 3. The third kappa shape index (κ3) is 6.21. The van der Waals surface area contributed by atoms with Crippen LogP contribution in [0.2, 0.25) is 0 Å². The molecule has 1 aromatic rings. The lowest BCUT2D eigenvalue weighted by Gasteiger charge is -2.17. The van der Waals surface area contributed by atoms with Crippen LogP contribution >= 0.6 is 0 Å². The summed E-state index contributed by atoms with van der Waals surface area (Å²) in [6.07, 6.45) is -3.02. The van der Waals surface area contributed by atoms with E-state index in [-0.39, 0.29) is 13.1 Å². The molecule has 0 aromatic carbocycles. The first-order chi connectivity index (χ1) is 9.71. The third-order valence-electron chi connectivity index (χ3n) is 2.39.